The van der Waals surface area contributed by atoms with Crippen LogP contribution < -0.4 is 0 Å². The number of halogens is 1. The van der Waals surface area contributed by atoms with Crippen LogP contribution in [0.1, 0.15) is 5.56 Å². The van der Waals surface area contributed by atoms with Crippen LogP contribution in [0.3, 0.4) is 0 Å². The molecule has 1 aromatic rings. The SMILES string of the molecule is CSc1nc(Cl)ncc1C#N. The Kier molecular flexibility index (Phi) is 2.69. The Hall–Kier alpha value is -0.790. The van der Waals surface area contributed by atoms with Gasteiger partial charge in [-0.25, -0.2) is 9.97 Å². The molecule has 0 saturated heterocycles. The molecule has 1 heterocycles. The summed E-state index contributed by atoms with van der Waals surface area (Å²) in [7, 11) is 0. The fourth-order valence-electron chi connectivity index (χ4n) is 0.578. The highest BCUT2D eigenvalue weighted by molar-refractivity contribution is 7.98. The number of rotatable bonds is 1. The molecule has 1 rings (SSSR count). The number of nitrogens with zero attached hydrogens (tertiary/aromatic N) is 3. The van der Waals surface area contributed by atoms with E-state index < -0.39 is 0 Å². The van der Waals surface area contributed by atoms with Crippen molar-refractivity contribution in [1.29, 1.82) is 5.26 Å². The maximum atomic E-state index is 8.55. The summed E-state index contributed by atoms with van der Waals surface area (Å²) < 4.78 is 0. The van der Waals surface area contributed by atoms with E-state index in [4.69, 9.17) is 16.9 Å². The quantitative estimate of drug-likeness (QED) is 0.380. The zero-order chi connectivity index (χ0) is 8.27. The van der Waals surface area contributed by atoms with Gasteiger partial charge >= 0.3 is 0 Å². The molecule has 0 saturated carbocycles. The molecule has 5 heteroatoms. The molecule has 0 fully saturated rings. The zero-order valence-corrected chi connectivity index (χ0v) is 7.28. The van der Waals surface area contributed by atoms with Crippen molar-refractivity contribution in [2.75, 3.05) is 6.26 Å². The molecule has 0 amide bonds. The van der Waals surface area contributed by atoms with Gasteiger partial charge in [-0.15, -0.1) is 11.8 Å². The van der Waals surface area contributed by atoms with Crippen molar-refractivity contribution in [2.45, 2.75) is 5.03 Å². The second-order valence-electron chi connectivity index (χ2n) is 1.67. The highest BCUT2D eigenvalue weighted by atomic mass is 35.5. The van der Waals surface area contributed by atoms with Crippen molar-refractivity contribution >= 4 is 23.4 Å². The minimum absolute atomic E-state index is 0.174. The van der Waals surface area contributed by atoms with E-state index >= 15 is 0 Å². The monoisotopic (exact) mass is 185 g/mol. The van der Waals surface area contributed by atoms with Crippen molar-refractivity contribution in [3.63, 3.8) is 0 Å². The molecule has 0 bridgehead atoms. The summed E-state index contributed by atoms with van der Waals surface area (Å²) in [6.45, 7) is 0. The van der Waals surface area contributed by atoms with Gasteiger partial charge in [-0.3, -0.25) is 0 Å². The van der Waals surface area contributed by atoms with Crippen molar-refractivity contribution in [3.8, 4) is 6.07 Å². The van der Waals surface area contributed by atoms with E-state index in [-0.39, 0.29) is 5.28 Å². The Morgan fingerprint density at radius 3 is 3.00 bits per heavy atom. The van der Waals surface area contributed by atoms with E-state index in [9.17, 15) is 0 Å². The van der Waals surface area contributed by atoms with Gasteiger partial charge in [0.1, 0.15) is 16.7 Å². The van der Waals surface area contributed by atoms with Gasteiger partial charge in [0, 0.05) is 0 Å². The van der Waals surface area contributed by atoms with Crippen molar-refractivity contribution in [1.82, 2.24) is 9.97 Å². The Morgan fingerprint density at radius 1 is 1.73 bits per heavy atom. The first-order valence-corrected chi connectivity index (χ1v) is 4.35. The molecule has 0 spiro atoms. The first-order chi connectivity index (χ1) is 5.27. The smallest absolute Gasteiger partial charge is 0.223 e. The van der Waals surface area contributed by atoms with Crippen molar-refractivity contribution in [2.24, 2.45) is 0 Å². The van der Waals surface area contributed by atoms with Crippen LogP contribution in [-0.2, 0) is 0 Å². The number of nitriles is 1. The minimum Gasteiger partial charge on any atom is -0.225 e. The predicted octanol–water partition coefficient (Wildman–Crippen LogP) is 1.72. The molecule has 0 N–H and O–H groups in total. The summed E-state index contributed by atoms with van der Waals surface area (Å²) in [5.41, 5.74) is 0.460. The van der Waals surface area contributed by atoms with E-state index in [0.29, 0.717) is 10.6 Å². The molecule has 0 radical (unpaired) electrons. The lowest BCUT2D eigenvalue weighted by molar-refractivity contribution is 1.03. The van der Waals surface area contributed by atoms with E-state index in [1.807, 2.05) is 12.3 Å². The zero-order valence-electron chi connectivity index (χ0n) is 5.71. The largest absolute Gasteiger partial charge is 0.225 e. The summed E-state index contributed by atoms with van der Waals surface area (Å²) in [6, 6.07) is 1.97. The Labute approximate surface area is 73.4 Å². The minimum atomic E-state index is 0.174. The third-order valence-electron chi connectivity index (χ3n) is 1.04. The molecular weight excluding hydrogens is 182 g/mol. The van der Waals surface area contributed by atoms with Crippen LogP contribution in [-0.4, -0.2) is 16.2 Å². The lowest BCUT2D eigenvalue weighted by Crippen LogP contribution is -1.89. The molecule has 0 aliphatic rings. The average Bonchev–Trinajstić information content (AvgIpc) is 2.04. The summed E-state index contributed by atoms with van der Waals surface area (Å²) >= 11 is 6.88. The van der Waals surface area contributed by atoms with E-state index in [1.165, 1.54) is 18.0 Å². The van der Waals surface area contributed by atoms with Crippen LogP contribution in [0, 0.1) is 11.3 Å². The lowest BCUT2D eigenvalue weighted by Gasteiger charge is -1.96. The van der Waals surface area contributed by atoms with E-state index in [2.05, 4.69) is 9.97 Å². The molecule has 0 aliphatic carbocycles. The van der Waals surface area contributed by atoms with Crippen LogP contribution >= 0.6 is 23.4 Å². The lowest BCUT2D eigenvalue weighted by atomic mass is 10.4. The number of hydrogen-bond donors (Lipinski definition) is 0. The molecule has 0 atom stereocenters. The maximum Gasteiger partial charge on any atom is 0.223 e. The topological polar surface area (TPSA) is 49.6 Å². The Bertz CT molecular complexity index is 307. The fraction of sp³-hybridized carbons (Fsp3) is 0.167. The normalized spacial score (nSPS) is 9.18. The van der Waals surface area contributed by atoms with Crippen molar-refractivity contribution < 1.29 is 0 Å². The molecule has 0 aromatic carbocycles. The highest BCUT2D eigenvalue weighted by Crippen LogP contribution is 2.17. The molecule has 3 nitrogen and oxygen atoms in total. The number of thioether (sulfide) groups is 1. The maximum absolute atomic E-state index is 8.55. The number of aromatic nitrogens is 2. The van der Waals surface area contributed by atoms with Gasteiger partial charge in [0.05, 0.1) is 6.20 Å². The number of hydrogen-bond acceptors (Lipinski definition) is 4. The highest BCUT2D eigenvalue weighted by Gasteiger charge is 2.02. The van der Waals surface area contributed by atoms with Gasteiger partial charge in [-0.05, 0) is 17.9 Å². The van der Waals surface area contributed by atoms with Crippen molar-refractivity contribution in [3.05, 3.63) is 17.0 Å². The predicted molar refractivity (Wildman–Crippen MR) is 43.5 cm³/mol. The Morgan fingerprint density at radius 2 is 2.45 bits per heavy atom. The molecule has 1 aromatic heterocycles. The average molecular weight is 186 g/mol. The summed E-state index contributed by atoms with van der Waals surface area (Å²) in [5, 5.41) is 9.35. The summed E-state index contributed by atoms with van der Waals surface area (Å²) in [4.78, 5) is 7.53. The van der Waals surface area contributed by atoms with Gasteiger partial charge in [0.25, 0.3) is 0 Å². The molecule has 56 valence electrons. The second kappa shape index (κ2) is 3.56. The van der Waals surface area contributed by atoms with Crippen LogP contribution in [0.4, 0.5) is 0 Å². The van der Waals surface area contributed by atoms with Gasteiger partial charge in [0.2, 0.25) is 5.28 Å². The van der Waals surface area contributed by atoms with E-state index in [0.717, 1.165) is 0 Å². The van der Waals surface area contributed by atoms with Crippen LogP contribution in [0.25, 0.3) is 0 Å². The summed E-state index contributed by atoms with van der Waals surface area (Å²) in [5.74, 6) is 0. The van der Waals surface area contributed by atoms with E-state index in [1.54, 1.807) is 0 Å². The molecular formula is C6H4ClN3S. The van der Waals surface area contributed by atoms with Crippen LogP contribution in [0.15, 0.2) is 11.2 Å². The first-order valence-electron chi connectivity index (χ1n) is 2.74. The molecule has 0 unspecified atom stereocenters. The summed E-state index contributed by atoms with van der Waals surface area (Å²) in [6.07, 6.45) is 3.25. The third kappa shape index (κ3) is 1.82. The van der Waals surface area contributed by atoms with Gasteiger partial charge in [-0.1, -0.05) is 0 Å². The standard InChI is InChI=1S/C6H4ClN3S/c1-11-5-4(2-8)3-9-6(7)10-5/h3H,1H3. The van der Waals surface area contributed by atoms with Gasteiger partial charge in [-0.2, -0.15) is 5.26 Å². The van der Waals surface area contributed by atoms with Crippen LogP contribution in [0.2, 0.25) is 5.28 Å². The fourth-order valence-corrected chi connectivity index (χ4v) is 1.26. The van der Waals surface area contributed by atoms with Crippen LogP contribution in [0.5, 0.6) is 0 Å². The third-order valence-corrected chi connectivity index (χ3v) is 1.92. The second-order valence-corrected chi connectivity index (χ2v) is 2.81. The van der Waals surface area contributed by atoms with Gasteiger partial charge in [0.15, 0.2) is 0 Å². The molecule has 11 heavy (non-hydrogen) atoms. The molecule has 0 aliphatic heterocycles. The van der Waals surface area contributed by atoms with Gasteiger partial charge < -0.3 is 0 Å². The Balaban J connectivity index is 3.19. The first kappa shape index (κ1) is 8.31.